The van der Waals surface area contributed by atoms with Crippen LogP contribution in [-0.4, -0.2) is 12.6 Å². The monoisotopic (exact) mass is 356 g/mol. The van der Waals surface area contributed by atoms with Crippen LogP contribution in [0.25, 0.3) is 0 Å². The summed E-state index contributed by atoms with van der Waals surface area (Å²) in [5, 5.41) is -0.0563. The molecule has 1 rings (SSSR count). The number of ether oxygens (including phenoxy) is 1. The zero-order chi connectivity index (χ0) is 17.6. The number of unbranched alkanes of at least 4 members (excludes halogenated alkanes) is 10. The van der Waals surface area contributed by atoms with Crippen LogP contribution in [-0.2, 0) is 4.74 Å². The Kier molecular flexibility index (Phi) is 11.5. The zero-order valence-electron chi connectivity index (χ0n) is 14.8. The average molecular weight is 357 g/mol. The smallest absolute Gasteiger partial charge is 0.341 e. The molecule has 0 bridgehead atoms. The second-order valence-electron chi connectivity index (χ2n) is 6.27. The maximum atomic E-state index is 13.7. The van der Waals surface area contributed by atoms with Crippen LogP contribution < -0.4 is 0 Å². The molecule has 0 saturated carbocycles. The van der Waals surface area contributed by atoms with E-state index in [1.165, 1.54) is 63.5 Å². The van der Waals surface area contributed by atoms with E-state index in [9.17, 15) is 9.18 Å². The second kappa shape index (κ2) is 13.2. The van der Waals surface area contributed by atoms with Gasteiger partial charge in [0.05, 0.1) is 17.2 Å². The van der Waals surface area contributed by atoms with Crippen LogP contribution in [0.15, 0.2) is 18.2 Å². The van der Waals surface area contributed by atoms with Gasteiger partial charge in [-0.15, -0.1) is 0 Å². The minimum Gasteiger partial charge on any atom is -0.462 e. The van der Waals surface area contributed by atoms with Crippen LogP contribution in [0.2, 0.25) is 5.02 Å². The van der Waals surface area contributed by atoms with Crippen LogP contribution >= 0.6 is 11.6 Å². The fourth-order valence-corrected chi connectivity index (χ4v) is 2.84. The van der Waals surface area contributed by atoms with E-state index < -0.39 is 11.8 Å². The summed E-state index contributed by atoms with van der Waals surface area (Å²) in [6, 6.07) is 4.35. The van der Waals surface area contributed by atoms with E-state index >= 15 is 0 Å². The highest BCUT2D eigenvalue weighted by atomic mass is 35.5. The Hall–Kier alpha value is -1.09. The lowest BCUT2D eigenvalue weighted by molar-refractivity contribution is 0.0492. The Bertz CT molecular complexity index is 477. The molecule has 0 heterocycles. The number of hydrogen-bond acceptors (Lipinski definition) is 2. The van der Waals surface area contributed by atoms with Gasteiger partial charge in [-0.05, 0) is 18.6 Å². The molecule has 1 aromatic rings. The molecule has 1 aromatic carbocycles. The molecule has 0 aliphatic heterocycles. The minimum absolute atomic E-state index is 0.0563. The van der Waals surface area contributed by atoms with Gasteiger partial charge < -0.3 is 4.74 Å². The molecule has 0 fully saturated rings. The molecule has 0 N–H and O–H groups in total. The van der Waals surface area contributed by atoms with Crippen molar-refractivity contribution in [3.05, 3.63) is 34.6 Å². The lowest BCUT2D eigenvalue weighted by Crippen LogP contribution is -2.08. The molecule has 24 heavy (non-hydrogen) atoms. The lowest BCUT2D eigenvalue weighted by atomic mass is 10.1. The Labute approximate surface area is 150 Å². The maximum Gasteiger partial charge on any atom is 0.341 e. The lowest BCUT2D eigenvalue weighted by Gasteiger charge is -2.06. The van der Waals surface area contributed by atoms with Crippen molar-refractivity contribution in [2.24, 2.45) is 0 Å². The van der Waals surface area contributed by atoms with E-state index in [-0.39, 0.29) is 10.6 Å². The van der Waals surface area contributed by atoms with Gasteiger partial charge in [0.1, 0.15) is 0 Å². The van der Waals surface area contributed by atoms with Crippen molar-refractivity contribution in [1.29, 1.82) is 0 Å². The summed E-state index contributed by atoms with van der Waals surface area (Å²) >= 11 is 5.65. The van der Waals surface area contributed by atoms with E-state index in [1.54, 1.807) is 6.07 Å². The molecular weight excluding hydrogens is 327 g/mol. The highest BCUT2D eigenvalue weighted by molar-refractivity contribution is 6.31. The third-order valence-corrected chi connectivity index (χ3v) is 4.44. The maximum absolute atomic E-state index is 13.7. The molecule has 0 atom stereocenters. The molecule has 0 spiro atoms. The molecular formula is C20H30ClFO2. The molecule has 0 amide bonds. The largest absolute Gasteiger partial charge is 0.462 e. The quantitative estimate of drug-likeness (QED) is 0.282. The SMILES string of the molecule is CCCCCCCCCCCCCOC(=O)c1cccc(Cl)c1F. The summed E-state index contributed by atoms with van der Waals surface area (Å²) in [6.45, 7) is 2.57. The van der Waals surface area contributed by atoms with Gasteiger partial charge in [0.2, 0.25) is 0 Å². The van der Waals surface area contributed by atoms with Gasteiger partial charge in [0.25, 0.3) is 0 Å². The highest BCUT2D eigenvalue weighted by Crippen LogP contribution is 2.18. The van der Waals surface area contributed by atoms with E-state index in [0.29, 0.717) is 6.61 Å². The summed E-state index contributed by atoms with van der Waals surface area (Å²) in [4.78, 5) is 11.8. The van der Waals surface area contributed by atoms with Crippen molar-refractivity contribution in [2.75, 3.05) is 6.61 Å². The van der Waals surface area contributed by atoms with E-state index in [0.717, 1.165) is 19.3 Å². The number of benzene rings is 1. The number of esters is 1. The number of carbonyl (C=O) groups is 1. The molecule has 0 aromatic heterocycles. The predicted molar refractivity (Wildman–Crippen MR) is 98.2 cm³/mol. The first kappa shape index (κ1) is 21.0. The summed E-state index contributed by atoms with van der Waals surface area (Å²) in [6.07, 6.45) is 13.6. The molecule has 0 unspecified atom stereocenters. The van der Waals surface area contributed by atoms with Gasteiger partial charge in [-0.2, -0.15) is 0 Å². The third kappa shape index (κ3) is 8.68. The van der Waals surface area contributed by atoms with Crippen LogP contribution in [0.1, 0.15) is 87.9 Å². The normalized spacial score (nSPS) is 10.8. The Morgan fingerprint density at radius 3 is 2.08 bits per heavy atom. The minimum atomic E-state index is -0.705. The number of hydrogen-bond donors (Lipinski definition) is 0. The Morgan fingerprint density at radius 1 is 0.958 bits per heavy atom. The van der Waals surface area contributed by atoms with Crippen molar-refractivity contribution in [1.82, 2.24) is 0 Å². The topological polar surface area (TPSA) is 26.3 Å². The Balaban J connectivity index is 1.98. The highest BCUT2D eigenvalue weighted by Gasteiger charge is 2.14. The van der Waals surface area contributed by atoms with Crippen molar-refractivity contribution in [3.8, 4) is 0 Å². The first-order valence-electron chi connectivity index (χ1n) is 9.28. The Morgan fingerprint density at radius 2 is 1.50 bits per heavy atom. The van der Waals surface area contributed by atoms with Crippen molar-refractivity contribution >= 4 is 17.6 Å². The molecule has 136 valence electrons. The van der Waals surface area contributed by atoms with E-state index in [1.807, 2.05) is 0 Å². The summed E-state index contributed by atoms with van der Waals surface area (Å²) < 4.78 is 18.8. The summed E-state index contributed by atoms with van der Waals surface area (Å²) in [5.41, 5.74) is -0.0921. The van der Waals surface area contributed by atoms with Crippen LogP contribution in [0.5, 0.6) is 0 Å². The van der Waals surface area contributed by atoms with Crippen LogP contribution in [0, 0.1) is 5.82 Å². The number of rotatable bonds is 13. The first-order valence-corrected chi connectivity index (χ1v) is 9.65. The van der Waals surface area contributed by atoms with Crippen LogP contribution in [0.3, 0.4) is 0 Å². The van der Waals surface area contributed by atoms with Gasteiger partial charge in [0, 0.05) is 0 Å². The van der Waals surface area contributed by atoms with Gasteiger partial charge >= 0.3 is 5.97 Å². The fourth-order valence-electron chi connectivity index (χ4n) is 2.67. The molecule has 2 nitrogen and oxygen atoms in total. The molecule has 0 aliphatic carbocycles. The third-order valence-electron chi connectivity index (χ3n) is 4.15. The van der Waals surface area contributed by atoms with E-state index in [2.05, 4.69) is 6.92 Å². The molecule has 0 aliphatic rings. The molecule has 0 saturated heterocycles. The standard InChI is InChI=1S/C20H30ClFO2/c1-2-3-4-5-6-7-8-9-10-11-12-16-24-20(23)17-14-13-15-18(21)19(17)22/h13-15H,2-12,16H2,1H3. The number of carbonyl (C=O) groups excluding carboxylic acids is 1. The first-order chi connectivity index (χ1) is 11.7. The van der Waals surface area contributed by atoms with Gasteiger partial charge in [0.15, 0.2) is 5.82 Å². The van der Waals surface area contributed by atoms with Crippen molar-refractivity contribution < 1.29 is 13.9 Å². The van der Waals surface area contributed by atoms with Crippen molar-refractivity contribution in [2.45, 2.75) is 77.6 Å². The summed E-state index contributed by atoms with van der Waals surface area (Å²) in [7, 11) is 0. The van der Waals surface area contributed by atoms with Gasteiger partial charge in [-0.1, -0.05) is 88.8 Å². The van der Waals surface area contributed by atoms with Gasteiger partial charge in [-0.3, -0.25) is 0 Å². The van der Waals surface area contributed by atoms with E-state index in [4.69, 9.17) is 16.3 Å². The molecule has 0 radical (unpaired) electrons. The van der Waals surface area contributed by atoms with Crippen molar-refractivity contribution in [3.63, 3.8) is 0 Å². The van der Waals surface area contributed by atoms with Gasteiger partial charge in [-0.25, -0.2) is 9.18 Å². The summed E-state index contributed by atoms with van der Waals surface area (Å²) in [5.74, 6) is -1.34. The second-order valence-corrected chi connectivity index (χ2v) is 6.68. The van der Waals surface area contributed by atoms with Crippen LogP contribution in [0.4, 0.5) is 4.39 Å². The zero-order valence-corrected chi connectivity index (χ0v) is 15.5. The molecule has 4 heteroatoms. The average Bonchev–Trinajstić information content (AvgIpc) is 2.58. The number of halogens is 2. The predicted octanol–water partition coefficient (Wildman–Crippen LogP) is 6.95. The fraction of sp³-hybridized carbons (Fsp3) is 0.650.